The van der Waals surface area contributed by atoms with Gasteiger partial charge in [-0.25, -0.2) is 0 Å². The lowest BCUT2D eigenvalue weighted by Gasteiger charge is -2.16. The van der Waals surface area contributed by atoms with Crippen molar-refractivity contribution in [3.8, 4) is 11.5 Å². The van der Waals surface area contributed by atoms with Crippen molar-refractivity contribution in [3.63, 3.8) is 0 Å². The summed E-state index contributed by atoms with van der Waals surface area (Å²) in [7, 11) is 3.14. The maximum absolute atomic E-state index is 10.1. The smallest absolute Gasteiger partial charge is 0.128 e. The quantitative estimate of drug-likeness (QED) is 0.693. The van der Waals surface area contributed by atoms with E-state index in [0.29, 0.717) is 36.9 Å². The van der Waals surface area contributed by atoms with Gasteiger partial charge in [0.05, 0.1) is 34.0 Å². The number of aliphatic hydroxyl groups excluding tert-OH is 1. The predicted molar refractivity (Wildman–Crippen MR) is 71.8 cm³/mol. The summed E-state index contributed by atoms with van der Waals surface area (Å²) in [6, 6.07) is 5.29. The van der Waals surface area contributed by atoms with Crippen molar-refractivity contribution in [2.24, 2.45) is 0 Å². The van der Waals surface area contributed by atoms with Crippen molar-refractivity contribution < 1.29 is 24.1 Å². The molecule has 1 atom stereocenters. The number of rotatable bonds is 9. The van der Waals surface area contributed by atoms with Crippen molar-refractivity contribution in [3.05, 3.63) is 23.8 Å². The molecule has 1 rings (SSSR count). The van der Waals surface area contributed by atoms with E-state index in [-0.39, 0.29) is 6.61 Å². The van der Waals surface area contributed by atoms with E-state index in [4.69, 9.17) is 18.9 Å². The molecule has 108 valence electrons. The molecular weight excluding hydrogens is 248 g/mol. The molecule has 0 saturated heterocycles. The van der Waals surface area contributed by atoms with Crippen LogP contribution in [0.25, 0.3) is 0 Å². The van der Waals surface area contributed by atoms with Gasteiger partial charge in [-0.15, -0.1) is 0 Å². The Labute approximate surface area is 114 Å². The van der Waals surface area contributed by atoms with Gasteiger partial charge in [0.2, 0.25) is 0 Å². The zero-order chi connectivity index (χ0) is 14.1. The van der Waals surface area contributed by atoms with Crippen LogP contribution >= 0.6 is 0 Å². The monoisotopic (exact) mass is 270 g/mol. The van der Waals surface area contributed by atoms with Gasteiger partial charge < -0.3 is 24.1 Å². The first-order valence-corrected chi connectivity index (χ1v) is 6.28. The van der Waals surface area contributed by atoms with Crippen LogP contribution in [0.5, 0.6) is 11.5 Å². The van der Waals surface area contributed by atoms with E-state index in [1.54, 1.807) is 32.4 Å². The molecular formula is C14H22O5. The van der Waals surface area contributed by atoms with Crippen molar-refractivity contribution in [2.45, 2.75) is 13.0 Å². The maximum atomic E-state index is 10.1. The average molecular weight is 270 g/mol. The minimum atomic E-state index is -0.734. The molecule has 0 saturated carbocycles. The van der Waals surface area contributed by atoms with Crippen LogP contribution in [0.4, 0.5) is 0 Å². The second-order valence-corrected chi connectivity index (χ2v) is 3.90. The third kappa shape index (κ3) is 5.06. The van der Waals surface area contributed by atoms with Gasteiger partial charge in [0.15, 0.2) is 0 Å². The van der Waals surface area contributed by atoms with Crippen LogP contribution in [0.2, 0.25) is 0 Å². The number of hydrogen-bond donors (Lipinski definition) is 1. The standard InChI is InChI=1S/C14H22O5/c1-4-18-7-8-19-10-13(15)12-6-5-11(16-2)9-14(12)17-3/h5-6,9,13,15H,4,7-8,10H2,1-3H3. The number of aliphatic hydroxyl groups is 1. The largest absolute Gasteiger partial charge is 0.497 e. The Morgan fingerprint density at radius 3 is 2.47 bits per heavy atom. The molecule has 0 heterocycles. The topological polar surface area (TPSA) is 57.2 Å². The van der Waals surface area contributed by atoms with Crippen LogP contribution in [0, 0.1) is 0 Å². The summed E-state index contributed by atoms with van der Waals surface area (Å²) < 4.78 is 20.8. The Morgan fingerprint density at radius 2 is 1.84 bits per heavy atom. The second-order valence-electron chi connectivity index (χ2n) is 3.90. The van der Waals surface area contributed by atoms with E-state index in [0.717, 1.165) is 0 Å². The van der Waals surface area contributed by atoms with Gasteiger partial charge in [0.25, 0.3) is 0 Å². The third-order valence-electron chi connectivity index (χ3n) is 2.65. The van der Waals surface area contributed by atoms with Gasteiger partial charge >= 0.3 is 0 Å². The molecule has 0 aliphatic rings. The summed E-state index contributed by atoms with van der Waals surface area (Å²) in [6.07, 6.45) is -0.734. The molecule has 0 radical (unpaired) electrons. The van der Waals surface area contributed by atoms with E-state index in [1.165, 1.54) is 0 Å². The predicted octanol–water partition coefficient (Wildman–Crippen LogP) is 1.79. The molecule has 0 spiro atoms. The Bertz CT molecular complexity index is 367. The summed E-state index contributed by atoms with van der Waals surface area (Å²) >= 11 is 0. The summed E-state index contributed by atoms with van der Waals surface area (Å²) in [4.78, 5) is 0. The van der Waals surface area contributed by atoms with Gasteiger partial charge in [-0.05, 0) is 19.1 Å². The van der Waals surface area contributed by atoms with Crippen LogP contribution in [-0.4, -0.2) is 45.8 Å². The number of ether oxygens (including phenoxy) is 4. The molecule has 0 fully saturated rings. The molecule has 0 aliphatic heterocycles. The van der Waals surface area contributed by atoms with Gasteiger partial charge in [-0.2, -0.15) is 0 Å². The summed E-state index contributed by atoms with van der Waals surface area (Å²) in [6.45, 7) is 3.79. The fraction of sp³-hybridized carbons (Fsp3) is 0.571. The molecule has 0 bridgehead atoms. The van der Waals surface area contributed by atoms with E-state index in [1.807, 2.05) is 6.92 Å². The highest BCUT2D eigenvalue weighted by atomic mass is 16.5. The number of hydrogen-bond acceptors (Lipinski definition) is 5. The molecule has 0 aromatic heterocycles. The van der Waals surface area contributed by atoms with Gasteiger partial charge in [0.1, 0.15) is 17.6 Å². The summed E-state index contributed by atoms with van der Waals surface area (Å²) in [5.74, 6) is 1.27. The fourth-order valence-electron chi connectivity index (χ4n) is 1.64. The van der Waals surface area contributed by atoms with E-state index in [9.17, 15) is 5.11 Å². The molecule has 19 heavy (non-hydrogen) atoms. The molecule has 0 aliphatic carbocycles. The zero-order valence-corrected chi connectivity index (χ0v) is 11.7. The minimum absolute atomic E-state index is 0.204. The van der Waals surface area contributed by atoms with E-state index < -0.39 is 6.10 Å². The van der Waals surface area contributed by atoms with Crippen LogP contribution in [-0.2, 0) is 9.47 Å². The average Bonchev–Trinajstić information content (AvgIpc) is 2.46. The first-order chi connectivity index (χ1) is 9.22. The Hall–Kier alpha value is -1.30. The van der Waals surface area contributed by atoms with Crippen LogP contribution in [0.15, 0.2) is 18.2 Å². The molecule has 1 aromatic rings. The molecule has 0 amide bonds. The zero-order valence-electron chi connectivity index (χ0n) is 11.7. The maximum Gasteiger partial charge on any atom is 0.128 e. The van der Waals surface area contributed by atoms with Crippen LogP contribution in [0.1, 0.15) is 18.6 Å². The normalized spacial score (nSPS) is 12.2. The van der Waals surface area contributed by atoms with E-state index in [2.05, 4.69) is 0 Å². The first kappa shape index (κ1) is 15.8. The molecule has 1 unspecified atom stereocenters. The molecule has 1 aromatic carbocycles. The van der Waals surface area contributed by atoms with E-state index >= 15 is 0 Å². The number of benzene rings is 1. The highest BCUT2D eigenvalue weighted by Crippen LogP contribution is 2.29. The molecule has 5 heteroatoms. The third-order valence-corrected chi connectivity index (χ3v) is 2.65. The van der Waals surface area contributed by atoms with Crippen LogP contribution < -0.4 is 9.47 Å². The van der Waals surface area contributed by atoms with Crippen molar-refractivity contribution in [1.29, 1.82) is 0 Å². The highest BCUT2D eigenvalue weighted by molar-refractivity contribution is 5.41. The van der Waals surface area contributed by atoms with Crippen molar-refractivity contribution >= 4 is 0 Å². The van der Waals surface area contributed by atoms with Crippen LogP contribution in [0.3, 0.4) is 0 Å². The van der Waals surface area contributed by atoms with Gasteiger partial charge in [-0.3, -0.25) is 0 Å². The Balaban J connectivity index is 2.53. The second kappa shape index (κ2) is 8.74. The lowest BCUT2D eigenvalue weighted by molar-refractivity contribution is 0.00463. The van der Waals surface area contributed by atoms with Crippen molar-refractivity contribution in [2.75, 3.05) is 40.6 Å². The van der Waals surface area contributed by atoms with Gasteiger partial charge in [-0.1, -0.05) is 0 Å². The summed E-state index contributed by atoms with van der Waals surface area (Å²) in [5, 5.41) is 10.1. The summed E-state index contributed by atoms with van der Waals surface area (Å²) in [5.41, 5.74) is 0.680. The van der Waals surface area contributed by atoms with Crippen molar-refractivity contribution in [1.82, 2.24) is 0 Å². The lowest BCUT2D eigenvalue weighted by atomic mass is 10.1. The minimum Gasteiger partial charge on any atom is -0.497 e. The van der Waals surface area contributed by atoms with Gasteiger partial charge in [0, 0.05) is 18.2 Å². The SMILES string of the molecule is CCOCCOCC(O)c1ccc(OC)cc1OC. The number of methoxy groups -OCH3 is 2. The molecule has 5 nitrogen and oxygen atoms in total. The Kier molecular flexibility index (Phi) is 7.25. The Morgan fingerprint density at radius 1 is 1.11 bits per heavy atom. The molecule has 1 N–H and O–H groups in total. The highest BCUT2D eigenvalue weighted by Gasteiger charge is 2.14. The fourth-order valence-corrected chi connectivity index (χ4v) is 1.64. The lowest BCUT2D eigenvalue weighted by Crippen LogP contribution is -2.12. The first-order valence-electron chi connectivity index (χ1n) is 6.28.